The number of benzene rings is 1. The van der Waals surface area contributed by atoms with Crippen molar-refractivity contribution >= 4 is 33.5 Å². The first-order valence-corrected chi connectivity index (χ1v) is 7.32. The van der Waals surface area contributed by atoms with Crippen LogP contribution >= 0.6 is 15.9 Å². The summed E-state index contributed by atoms with van der Waals surface area (Å²) in [6.45, 7) is 1.25. The number of rotatable bonds is 3. The van der Waals surface area contributed by atoms with Gasteiger partial charge in [0.25, 0.3) is 5.91 Å². The Morgan fingerprint density at radius 1 is 1.48 bits per heavy atom. The van der Waals surface area contributed by atoms with Crippen LogP contribution in [-0.4, -0.2) is 49.7 Å². The van der Waals surface area contributed by atoms with Crippen LogP contribution in [0.15, 0.2) is 22.7 Å². The summed E-state index contributed by atoms with van der Waals surface area (Å²) in [7, 11) is 1.33. The van der Waals surface area contributed by atoms with Crippen molar-refractivity contribution in [3.63, 3.8) is 0 Å². The average Bonchev–Trinajstić information content (AvgIpc) is 2.45. The van der Waals surface area contributed by atoms with E-state index >= 15 is 0 Å². The van der Waals surface area contributed by atoms with E-state index in [1.54, 1.807) is 23.1 Å². The van der Waals surface area contributed by atoms with Crippen LogP contribution in [0, 0.1) is 0 Å². The number of nitrogens with zero attached hydrogens (tertiary/aromatic N) is 1. The largest absolute Gasteiger partial charge is 0.469 e. The zero-order valence-corrected chi connectivity index (χ0v) is 13.3. The Hall–Kier alpha value is -1.60. The molecule has 1 unspecified atom stereocenters. The first kappa shape index (κ1) is 15.8. The highest BCUT2D eigenvalue weighted by molar-refractivity contribution is 9.10. The molecule has 1 heterocycles. The first-order valence-electron chi connectivity index (χ1n) is 6.53. The van der Waals surface area contributed by atoms with Crippen molar-refractivity contribution in [1.82, 2.24) is 4.90 Å². The van der Waals surface area contributed by atoms with E-state index in [0.29, 0.717) is 30.9 Å². The third kappa shape index (κ3) is 4.18. The predicted octanol–water partition coefficient (Wildman–Crippen LogP) is 1.44. The van der Waals surface area contributed by atoms with Crippen LogP contribution in [0.25, 0.3) is 0 Å². The SMILES string of the molecule is COC(=O)CC1CN(C(=O)c2cc(N)cc(Br)c2)CCO1. The number of amides is 1. The lowest BCUT2D eigenvalue weighted by atomic mass is 10.1. The lowest BCUT2D eigenvalue weighted by Gasteiger charge is -2.32. The number of halogens is 1. The summed E-state index contributed by atoms with van der Waals surface area (Å²) in [4.78, 5) is 25.4. The first-order chi connectivity index (χ1) is 9.99. The van der Waals surface area contributed by atoms with Crippen LogP contribution in [0.1, 0.15) is 16.8 Å². The van der Waals surface area contributed by atoms with Gasteiger partial charge in [-0.1, -0.05) is 15.9 Å². The number of carbonyl (C=O) groups excluding carboxylic acids is 2. The van der Waals surface area contributed by atoms with Crippen LogP contribution in [0.5, 0.6) is 0 Å². The summed E-state index contributed by atoms with van der Waals surface area (Å²) in [5.74, 6) is -0.470. The van der Waals surface area contributed by atoms with E-state index in [2.05, 4.69) is 20.7 Å². The minimum absolute atomic E-state index is 0.124. The number of hydrogen-bond acceptors (Lipinski definition) is 5. The summed E-state index contributed by atoms with van der Waals surface area (Å²) in [5.41, 5.74) is 6.79. The van der Waals surface area contributed by atoms with E-state index in [9.17, 15) is 9.59 Å². The van der Waals surface area contributed by atoms with Crippen molar-refractivity contribution in [2.75, 3.05) is 32.5 Å². The molecular weight excluding hydrogens is 340 g/mol. The third-order valence-corrected chi connectivity index (χ3v) is 3.67. The number of carbonyl (C=O) groups is 2. The van der Waals surface area contributed by atoms with Crippen LogP contribution in [0.4, 0.5) is 5.69 Å². The zero-order chi connectivity index (χ0) is 15.4. The van der Waals surface area contributed by atoms with E-state index < -0.39 is 0 Å². The summed E-state index contributed by atoms with van der Waals surface area (Å²) in [6.07, 6.45) is -0.194. The second-order valence-electron chi connectivity index (χ2n) is 4.80. The van der Waals surface area contributed by atoms with E-state index in [1.165, 1.54) is 7.11 Å². The van der Waals surface area contributed by atoms with Gasteiger partial charge in [0.2, 0.25) is 0 Å². The van der Waals surface area contributed by atoms with Crippen LogP contribution in [-0.2, 0) is 14.3 Å². The van der Waals surface area contributed by atoms with Gasteiger partial charge in [-0.25, -0.2) is 0 Å². The zero-order valence-electron chi connectivity index (χ0n) is 11.7. The van der Waals surface area contributed by atoms with Crippen LogP contribution < -0.4 is 5.73 Å². The van der Waals surface area contributed by atoms with Crippen LogP contribution in [0.2, 0.25) is 0 Å². The van der Waals surface area contributed by atoms with Crippen molar-refractivity contribution in [3.8, 4) is 0 Å². The van der Waals surface area contributed by atoms with Gasteiger partial charge in [0.1, 0.15) is 0 Å². The molecule has 21 heavy (non-hydrogen) atoms. The molecule has 0 radical (unpaired) electrons. The number of hydrogen-bond donors (Lipinski definition) is 1. The predicted molar refractivity (Wildman–Crippen MR) is 80.8 cm³/mol. The maximum atomic E-state index is 12.5. The smallest absolute Gasteiger partial charge is 0.308 e. The van der Waals surface area contributed by atoms with Gasteiger partial charge in [0, 0.05) is 28.8 Å². The van der Waals surface area contributed by atoms with E-state index in [1.807, 2.05) is 0 Å². The molecule has 1 aliphatic rings. The van der Waals surface area contributed by atoms with Crippen molar-refractivity contribution in [1.29, 1.82) is 0 Å². The number of morpholine rings is 1. The summed E-state index contributed by atoms with van der Waals surface area (Å²) in [5, 5.41) is 0. The van der Waals surface area contributed by atoms with Crippen molar-refractivity contribution in [2.45, 2.75) is 12.5 Å². The number of nitrogen functional groups attached to an aromatic ring is 1. The Morgan fingerprint density at radius 3 is 2.90 bits per heavy atom. The minimum Gasteiger partial charge on any atom is -0.469 e. The number of methoxy groups -OCH3 is 1. The fourth-order valence-electron chi connectivity index (χ4n) is 2.21. The Morgan fingerprint density at radius 2 is 2.24 bits per heavy atom. The van der Waals surface area contributed by atoms with Gasteiger partial charge in [-0.3, -0.25) is 9.59 Å². The number of anilines is 1. The average molecular weight is 357 g/mol. The highest BCUT2D eigenvalue weighted by Crippen LogP contribution is 2.20. The van der Waals surface area contributed by atoms with Gasteiger partial charge in [-0.05, 0) is 18.2 Å². The monoisotopic (exact) mass is 356 g/mol. The fraction of sp³-hybridized carbons (Fsp3) is 0.429. The third-order valence-electron chi connectivity index (χ3n) is 3.22. The molecule has 1 amide bonds. The molecule has 0 aromatic heterocycles. The molecule has 1 aromatic rings. The second-order valence-corrected chi connectivity index (χ2v) is 5.71. The summed E-state index contributed by atoms with van der Waals surface area (Å²) >= 11 is 3.32. The van der Waals surface area contributed by atoms with Gasteiger partial charge in [-0.15, -0.1) is 0 Å². The van der Waals surface area contributed by atoms with Gasteiger partial charge < -0.3 is 20.1 Å². The van der Waals surface area contributed by atoms with Gasteiger partial charge in [0.15, 0.2) is 0 Å². The number of nitrogens with two attached hydrogens (primary N) is 1. The molecular formula is C14H17BrN2O4. The normalized spacial score (nSPS) is 18.4. The Kier molecular flexibility index (Phi) is 5.19. The minimum atomic E-state index is -0.346. The molecule has 6 nitrogen and oxygen atoms in total. The van der Waals surface area contributed by atoms with E-state index in [-0.39, 0.29) is 24.4 Å². The molecule has 1 fully saturated rings. The molecule has 7 heteroatoms. The lowest BCUT2D eigenvalue weighted by Crippen LogP contribution is -2.46. The molecule has 0 saturated carbocycles. The molecule has 1 saturated heterocycles. The molecule has 0 spiro atoms. The van der Waals surface area contributed by atoms with Gasteiger partial charge >= 0.3 is 5.97 Å². The molecule has 1 aliphatic heterocycles. The van der Waals surface area contributed by atoms with Crippen molar-refractivity contribution in [3.05, 3.63) is 28.2 Å². The lowest BCUT2D eigenvalue weighted by molar-refractivity contribution is -0.145. The van der Waals surface area contributed by atoms with Gasteiger partial charge in [0.05, 0.1) is 26.2 Å². The maximum Gasteiger partial charge on any atom is 0.308 e. The van der Waals surface area contributed by atoms with Gasteiger partial charge in [-0.2, -0.15) is 0 Å². The van der Waals surface area contributed by atoms with Crippen LogP contribution in [0.3, 0.4) is 0 Å². The molecule has 2 N–H and O–H groups in total. The highest BCUT2D eigenvalue weighted by atomic mass is 79.9. The standard InChI is InChI=1S/C14H17BrN2O4/c1-20-13(18)7-12-8-17(2-3-21-12)14(19)9-4-10(15)6-11(16)5-9/h4-6,12H,2-3,7-8,16H2,1H3. The molecule has 2 rings (SSSR count). The molecule has 1 atom stereocenters. The van der Waals surface area contributed by atoms with E-state index in [4.69, 9.17) is 10.5 Å². The fourth-order valence-corrected chi connectivity index (χ4v) is 2.73. The highest BCUT2D eigenvalue weighted by Gasteiger charge is 2.27. The van der Waals surface area contributed by atoms with Crippen molar-refractivity contribution in [2.24, 2.45) is 0 Å². The van der Waals surface area contributed by atoms with Crippen molar-refractivity contribution < 1.29 is 19.1 Å². The van der Waals surface area contributed by atoms with E-state index in [0.717, 1.165) is 4.47 Å². The Balaban J connectivity index is 2.06. The molecule has 0 bridgehead atoms. The maximum absolute atomic E-state index is 12.5. The Bertz CT molecular complexity index is 530. The molecule has 0 aliphatic carbocycles. The molecule has 114 valence electrons. The Labute approximate surface area is 131 Å². The number of ether oxygens (including phenoxy) is 2. The summed E-state index contributed by atoms with van der Waals surface area (Å²) < 4.78 is 10.9. The summed E-state index contributed by atoms with van der Waals surface area (Å²) in [6, 6.07) is 5.09. The number of esters is 1. The topological polar surface area (TPSA) is 81.9 Å². The quantitative estimate of drug-likeness (QED) is 0.654. The molecule has 1 aromatic carbocycles. The second kappa shape index (κ2) is 6.91.